The summed E-state index contributed by atoms with van der Waals surface area (Å²) >= 11 is 0. The molecule has 1 aromatic carbocycles. The van der Waals surface area contributed by atoms with Crippen LogP contribution in [0.1, 0.15) is 18.5 Å². The third-order valence-corrected chi connectivity index (χ3v) is 2.15. The number of hydrogen-bond donors (Lipinski definition) is 1. The Hall–Kier alpha value is -1.94. The third-order valence-electron chi connectivity index (χ3n) is 2.15. The van der Waals surface area contributed by atoms with Crippen LogP contribution in [0.5, 0.6) is 11.6 Å². The largest absolute Gasteiger partial charge is 0.437 e. The Morgan fingerprint density at radius 2 is 2.19 bits per heavy atom. The van der Waals surface area contributed by atoms with Gasteiger partial charge in [-0.1, -0.05) is 12.1 Å². The van der Waals surface area contributed by atoms with E-state index >= 15 is 0 Å². The molecule has 82 valence electrons. The molecule has 4 heteroatoms. The van der Waals surface area contributed by atoms with Crippen LogP contribution in [0.25, 0.3) is 0 Å². The molecule has 1 aromatic heterocycles. The molecule has 0 amide bonds. The van der Waals surface area contributed by atoms with E-state index < -0.39 is 0 Å². The van der Waals surface area contributed by atoms with Gasteiger partial charge in [0, 0.05) is 18.4 Å². The van der Waals surface area contributed by atoms with E-state index in [4.69, 9.17) is 10.5 Å². The summed E-state index contributed by atoms with van der Waals surface area (Å²) in [7, 11) is 0. The fourth-order valence-corrected chi connectivity index (χ4v) is 1.32. The first-order valence-electron chi connectivity index (χ1n) is 5.05. The zero-order valence-electron chi connectivity index (χ0n) is 9.00. The molecule has 2 rings (SSSR count). The van der Waals surface area contributed by atoms with Gasteiger partial charge in [-0.05, 0) is 24.6 Å². The predicted molar refractivity (Wildman–Crippen MR) is 61.2 cm³/mol. The highest BCUT2D eigenvalue weighted by Crippen LogP contribution is 2.21. The van der Waals surface area contributed by atoms with E-state index in [0.29, 0.717) is 5.88 Å². The van der Waals surface area contributed by atoms with Crippen LogP contribution in [0.15, 0.2) is 42.9 Å². The molecule has 0 aliphatic heterocycles. The van der Waals surface area contributed by atoms with Crippen LogP contribution in [0, 0.1) is 0 Å². The molecule has 1 heterocycles. The van der Waals surface area contributed by atoms with Gasteiger partial charge in [-0.25, -0.2) is 4.98 Å². The number of aromatic nitrogens is 2. The lowest BCUT2D eigenvalue weighted by molar-refractivity contribution is 0.459. The fourth-order valence-electron chi connectivity index (χ4n) is 1.32. The van der Waals surface area contributed by atoms with Crippen molar-refractivity contribution in [3.8, 4) is 11.6 Å². The van der Waals surface area contributed by atoms with E-state index in [2.05, 4.69) is 9.97 Å². The van der Waals surface area contributed by atoms with E-state index in [1.54, 1.807) is 18.6 Å². The van der Waals surface area contributed by atoms with Crippen LogP contribution >= 0.6 is 0 Å². The van der Waals surface area contributed by atoms with Crippen molar-refractivity contribution in [2.24, 2.45) is 5.73 Å². The molecule has 0 saturated carbocycles. The second kappa shape index (κ2) is 4.72. The summed E-state index contributed by atoms with van der Waals surface area (Å²) < 4.78 is 5.54. The molecule has 0 fully saturated rings. The van der Waals surface area contributed by atoms with Crippen molar-refractivity contribution in [3.63, 3.8) is 0 Å². The highest BCUT2D eigenvalue weighted by atomic mass is 16.5. The maximum Gasteiger partial charge on any atom is 0.237 e. The minimum atomic E-state index is -0.00888. The van der Waals surface area contributed by atoms with Crippen molar-refractivity contribution < 1.29 is 4.74 Å². The summed E-state index contributed by atoms with van der Waals surface area (Å²) in [5.74, 6) is 1.19. The van der Waals surface area contributed by atoms with E-state index in [0.717, 1.165) is 11.3 Å². The minimum Gasteiger partial charge on any atom is -0.437 e. The van der Waals surface area contributed by atoms with Gasteiger partial charge in [0.1, 0.15) is 5.75 Å². The van der Waals surface area contributed by atoms with Gasteiger partial charge in [0.25, 0.3) is 0 Å². The first kappa shape index (κ1) is 10.6. The molecule has 16 heavy (non-hydrogen) atoms. The first-order valence-corrected chi connectivity index (χ1v) is 5.05. The van der Waals surface area contributed by atoms with Crippen molar-refractivity contribution in [2.45, 2.75) is 13.0 Å². The van der Waals surface area contributed by atoms with Crippen molar-refractivity contribution >= 4 is 0 Å². The highest BCUT2D eigenvalue weighted by Gasteiger charge is 2.02. The average Bonchev–Trinajstić information content (AvgIpc) is 2.30. The third kappa shape index (κ3) is 2.55. The Kier molecular flexibility index (Phi) is 3.12. The van der Waals surface area contributed by atoms with E-state index in [1.807, 2.05) is 31.2 Å². The Labute approximate surface area is 94.1 Å². The maximum atomic E-state index is 5.79. The molecule has 0 bridgehead atoms. The van der Waals surface area contributed by atoms with Gasteiger partial charge in [0.15, 0.2) is 0 Å². The number of nitrogens with zero attached hydrogens (tertiary/aromatic N) is 2. The van der Waals surface area contributed by atoms with Gasteiger partial charge < -0.3 is 10.5 Å². The minimum absolute atomic E-state index is 0.00888. The SMILES string of the molecule is CC(N)c1cccc(Oc2cnccn2)c1. The van der Waals surface area contributed by atoms with Gasteiger partial charge in [-0.2, -0.15) is 0 Å². The van der Waals surface area contributed by atoms with Crippen LogP contribution in [0.2, 0.25) is 0 Å². The van der Waals surface area contributed by atoms with Crippen molar-refractivity contribution in [1.82, 2.24) is 9.97 Å². The molecule has 0 aliphatic carbocycles. The summed E-state index contributed by atoms with van der Waals surface area (Å²) in [5, 5.41) is 0. The van der Waals surface area contributed by atoms with Gasteiger partial charge >= 0.3 is 0 Å². The average molecular weight is 215 g/mol. The second-order valence-corrected chi connectivity index (χ2v) is 3.51. The van der Waals surface area contributed by atoms with Crippen molar-refractivity contribution in [1.29, 1.82) is 0 Å². The van der Waals surface area contributed by atoms with Crippen LogP contribution < -0.4 is 10.5 Å². The lowest BCUT2D eigenvalue weighted by Crippen LogP contribution is -2.04. The predicted octanol–water partition coefficient (Wildman–Crippen LogP) is 2.29. The lowest BCUT2D eigenvalue weighted by Gasteiger charge is -2.08. The molecule has 0 radical (unpaired) electrons. The Bertz CT molecular complexity index is 457. The molecule has 2 N–H and O–H groups in total. The monoisotopic (exact) mass is 215 g/mol. The molecular formula is C12H13N3O. The van der Waals surface area contributed by atoms with Gasteiger partial charge in [0.2, 0.25) is 5.88 Å². The van der Waals surface area contributed by atoms with Gasteiger partial charge in [0.05, 0.1) is 6.20 Å². The van der Waals surface area contributed by atoms with Crippen LogP contribution in [-0.4, -0.2) is 9.97 Å². The van der Waals surface area contributed by atoms with Crippen molar-refractivity contribution in [2.75, 3.05) is 0 Å². The molecule has 0 saturated heterocycles. The van der Waals surface area contributed by atoms with E-state index in [9.17, 15) is 0 Å². The summed E-state index contributed by atoms with van der Waals surface area (Å²) in [6.45, 7) is 1.93. The normalized spacial score (nSPS) is 12.1. The van der Waals surface area contributed by atoms with Crippen LogP contribution in [0.3, 0.4) is 0 Å². The summed E-state index contributed by atoms with van der Waals surface area (Å²) in [6, 6.07) is 7.63. The smallest absolute Gasteiger partial charge is 0.237 e. The standard InChI is InChI=1S/C12H13N3O/c1-9(13)10-3-2-4-11(7-10)16-12-8-14-5-6-15-12/h2-9H,13H2,1H3. The quantitative estimate of drug-likeness (QED) is 0.853. The number of nitrogens with two attached hydrogens (primary N) is 1. The fraction of sp³-hybridized carbons (Fsp3) is 0.167. The second-order valence-electron chi connectivity index (χ2n) is 3.51. The maximum absolute atomic E-state index is 5.79. The topological polar surface area (TPSA) is 61.0 Å². The molecular weight excluding hydrogens is 202 g/mol. The van der Waals surface area contributed by atoms with Gasteiger partial charge in [-0.3, -0.25) is 4.98 Å². The number of hydrogen-bond acceptors (Lipinski definition) is 4. The zero-order chi connectivity index (χ0) is 11.4. The Balaban J connectivity index is 2.19. The molecule has 0 aliphatic rings. The number of ether oxygens (including phenoxy) is 1. The molecule has 4 nitrogen and oxygen atoms in total. The molecule has 2 aromatic rings. The van der Waals surface area contributed by atoms with Crippen LogP contribution in [-0.2, 0) is 0 Å². The Morgan fingerprint density at radius 1 is 1.31 bits per heavy atom. The Morgan fingerprint density at radius 3 is 2.88 bits per heavy atom. The van der Waals surface area contributed by atoms with E-state index in [1.165, 1.54) is 0 Å². The molecule has 0 spiro atoms. The summed E-state index contributed by atoms with van der Waals surface area (Å²) in [5.41, 5.74) is 6.82. The van der Waals surface area contributed by atoms with E-state index in [-0.39, 0.29) is 6.04 Å². The zero-order valence-corrected chi connectivity index (χ0v) is 9.00. The molecule has 1 atom stereocenters. The van der Waals surface area contributed by atoms with Crippen LogP contribution in [0.4, 0.5) is 0 Å². The summed E-state index contributed by atoms with van der Waals surface area (Å²) in [6.07, 6.45) is 4.76. The lowest BCUT2D eigenvalue weighted by atomic mass is 10.1. The first-order chi connectivity index (χ1) is 7.75. The number of benzene rings is 1. The molecule has 1 unspecified atom stereocenters. The van der Waals surface area contributed by atoms with Crippen molar-refractivity contribution in [3.05, 3.63) is 48.4 Å². The highest BCUT2D eigenvalue weighted by molar-refractivity contribution is 5.32. The summed E-state index contributed by atoms with van der Waals surface area (Å²) in [4.78, 5) is 7.96. The number of rotatable bonds is 3. The van der Waals surface area contributed by atoms with Gasteiger partial charge in [-0.15, -0.1) is 0 Å².